The number of hydrogen-bond acceptors (Lipinski definition) is 6. The topological polar surface area (TPSA) is 92.2 Å². The summed E-state index contributed by atoms with van der Waals surface area (Å²) in [5.41, 5.74) is 0.912. The van der Waals surface area contributed by atoms with Crippen molar-refractivity contribution in [2.45, 2.75) is 4.90 Å². The van der Waals surface area contributed by atoms with Crippen molar-refractivity contribution in [3.8, 4) is 0 Å². The van der Waals surface area contributed by atoms with Gasteiger partial charge in [0.05, 0.1) is 18.3 Å². The fraction of sp³-hybridized carbons (Fsp3) is 0.250. The number of nitrogens with zero attached hydrogens (tertiary/aromatic N) is 2. The number of sulfonamides is 1. The van der Waals surface area contributed by atoms with E-state index in [0.29, 0.717) is 11.0 Å². The van der Waals surface area contributed by atoms with E-state index in [1.807, 2.05) is 0 Å². The fourth-order valence-corrected chi connectivity index (χ4v) is 3.04. The van der Waals surface area contributed by atoms with Crippen LogP contribution in [0.15, 0.2) is 23.1 Å². The lowest BCUT2D eigenvalue weighted by Gasteiger charge is -2.04. The molecule has 0 saturated carbocycles. The summed E-state index contributed by atoms with van der Waals surface area (Å²) in [6.07, 6.45) is 0. The first kappa shape index (κ1) is 11.4. The second-order valence-electron chi connectivity index (χ2n) is 3.01. The molecule has 1 aromatic carbocycles. The molecule has 0 radical (unpaired) electrons. The molecule has 0 aliphatic rings. The Morgan fingerprint density at radius 1 is 1.38 bits per heavy atom. The number of hydrogen-bond donors (Lipinski definition) is 2. The third-order valence-electron chi connectivity index (χ3n) is 1.94. The van der Waals surface area contributed by atoms with Crippen LogP contribution in [0.1, 0.15) is 0 Å². The van der Waals surface area contributed by atoms with Gasteiger partial charge in [-0.3, -0.25) is 0 Å². The second-order valence-corrected chi connectivity index (χ2v) is 5.27. The summed E-state index contributed by atoms with van der Waals surface area (Å²) in [7, 11) is -3.62. The molecule has 6 nitrogen and oxygen atoms in total. The molecular formula is C8H9N3O3S2. The molecule has 86 valence electrons. The van der Waals surface area contributed by atoms with Gasteiger partial charge >= 0.3 is 0 Å². The number of rotatable bonds is 4. The quantitative estimate of drug-likeness (QED) is 0.804. The molecule has 0 amide bonds. The summed E-state index contributed by atoms with van der Waals surface area (Å²) in [6.45, 7) is -0.263. The Morgan fingerprint density at radius 2 is 2.19 bits per heavy atom. The summed E-state index contributed by atoms with van der Waals surface area (Å²) in [5, 5.41) is 8.60. The van der Waals surface area contributed by atoms with Crippen LogP contribution in [0.3, 0.4) is 0 Å². The number of aromatic nitrogens is 2. The van der Waals surface area contributed by atoms with Gasteiger partial charge in [-0.15, -0.1) is 0 Å². The Hall–Kier alpha value is -1.09. The van der Waals surface area contributed by atoms with Crippen LogP contribution in [-0.2, 0) is 10.0 Å². The van der Waals surface area contributed by atoms with Crippen LogP contribution < -0.4 is 4.72 Å². The van der Waals surface area contributed by atoms with E-state index in [2.05, 4.69) is 13.5 Å². The molecule has 2 N–H and O–H groups in total. The largest absolute Gasteiger partial charge is 0.395 e. The molecule has 2 rings (SSSR count). The smallest absolute Gasteiger partial charge is 0.242 e. The van der Waals surface area contributed by atoms with E-state index in [1.54, 1.807) is 12.1 Å². The fourth-order valence-electron chi connectivity index (χ4n) is 1.26. The van der Waals surface area contributed by atoms with Crippen molar-refractivity contribution >= 4 is 32.8 Å². The Labute approximate surface area is 96.3 Å². The molecule has 1 aromatic heterocycles. The number of aliphatic hydroxyl groups excluding tert-OH is 1. The van der Waals surface area contributed by atoms with Crippen LogP contribution >= 0.6 is 11.7 Å². The molecule has 16 heavy (non-hydrogen) atoms. The molecule has 0 unspecified atom stereocenters. The number of aliphatic hydroxyl groups is 1. The van der Waals surface area contributed by atoms with Crippen molar-refractivity contribution < 1.29 is 13.5 Å². The lowest BCUT2D eigenvalue weighted by Crippen LogP contribution is -2.26. The number of nitrogens with one attached hydrogen (secondary N) is 1. The predicted molar refractivity (Wildman–Crippen MR) is 59.7 cm³/mol. The minimum atomic E-state index is -3.62. The van der Waals surface area contributed by atoms with E-state index in [0.717, 1.165) is 11.7 Å². The van der Waals surface area contributed by atoms with Gasteiger partial charge in [0.1, 0.15) is 15.9 Å². The molecule has 0 aliphatic heterocycles. The number of benzene rings is 1. The van der Waals surface area contributed by atoms with Crippen LogP contribution in [0.5, 0.6) is 0 Å². The van der Waals surface area contributed by atoms with Gasteiger partial charge in [0.2, 0.25) is 10.0 Å². The first-order chi connectivity index (χ1) is 7.65. The van der Waals surface area contributed by atoms with Crippen molar-refractivity contribution in [3.63, 3.8) is 0 Å². The average molecular weight is 259 g/mol. The summed E-state index contributed by atoms with van der Waals surface area (Å²) in [5.74, 6) is 0. The molecule has 8 heteroatoms. The van der Waals surface area contributed by atoms with Gasteiger partial charge in [-0.25, -0.2) is 13.1 Å². The maximum Gasteiger partial charge on any atom is 0.242 e. The van der Waals surface area contributed by atoms with Gasteiger partial charge in [0.25, 0.3) is 0 Å². The van der Waals surface area contributed by atoms with Crippen LogP contribution in [0.4, 0.5) is 0 Å². The molecular weight excluding hydrogens is 250 g/mol. The van der Waals surface area contributed by atoms with Crippen molar-refractivity contribution in [2.24, 2.45) is 0 Å². The van der Waals surface area contributed by atoms with Crippen molar-refractivity contribution in [1.29, 1.82) is 0 Å². The lowest BCUT2D eigenvalue weighted by atomic mass is 10.3. The van der Waals surface area contributed by atoms with E-state index < -0.39 is 10.0 Å². The normalized spacial score (nSPS) is 12.1. The van der Waals surface area contributed by atoms with Gasteiger partial charge in [-0.05, 0) is 12.1 Å². The Kier molecular flexibility index (Phi) is 3.15. The van der Waals surface area contributed by atoms with Gasteiger partial charge in [0, 0.05) is 6.54 Å². The zero-order valence-electron chi connectivity index (χ0n) is 8.12. The summed E-state index contributed by atoms with van der Waals surface area (Å²) in [6, 6.07) is 4.77. The molecule has 0 atom stereocenters. The first-order valence-electron chi connectivity index (χ1n) is 4.47. The highest BCUT2D eigenvalue weighted by Gasteiger charge is 2.18. The Balaban J connectivity index is 2.50. The highest BCUT2D eigenvalue weighted by Crippen LogP contribution is 2.20. The SMILES string of the molecule is O=S(=O)(NCCO)c1cccc2nsnc12. The first-order valence-corrected chi connectivity index (χ1v) is 6.68. The van der Waals surface area contributed by atoms with Crippen LogP contribution in [0.2, 0.25) is 0 Å². The maximum atomic E-state index is 11.8. The average Bonchev–Trinajstić information content (AvgIpc) is 2.73. The second kappa shape index (κ2) is 4.42. The van der Waals surface area contributed by atoms with Gasteiger partial charge < -0.3 is 5.11 Å². The highest BCUT2D eigenvalue weighted by atomic mass is 32.2. The van der Waals surface area contributed by atoms with Crippen LogP contribution in [0.25, 0.3) is 11.0 Å². The van der Waals surface area contributed by atoms with E-state index in [4.69, 9.17) is 5.11 Å². The molecule has 1 heterocycles. The Morgan fingerprint density at radius 3 is 2.94 bits per heavy atom. The molecule has 0 bridgehead atoms. The van der Waals surface area contributed by atoms with Crippen molar-refractivity contribution in [2.75, 3.05) is 13.2 Å². The van der Waals surface area contributed by atoms with E-state index in [-0.39, 0.29) is 18.0 Å². The van der Waals surface area contributed by atoms with Crippen LogP contribution in [0, 0.1) is 0 Å². The van der Waals surface area contributed by atoms with Gasteiger partial charge in [-0.1, -0.05) is 6.07 Å². The van der Waals surface area contributed by atoms with E-state index in [9.17, 15) is 8.42 Å². The van der Waals surface area contributed by atoms with Crippen molar-refractivity contribution in [3.05, 3.63) is 18.2 Å². The summed E-state index contributed by atoms with van der Waals surface area (Å²) < 4.78 is 33.8. The number of fused-ring (bicyclic) bond motifs is 1. The molecule has 0 saturated heterocycles. The summed E-state index contributed by atoms with van der Waals surface area (Å²) >= 11 is 0.965. The monoisotopic (exact) mass is 259 g/mol. The highest BCUT2D eigenvalue weighted by molar-refractivity contribution is 7.89. The van der Waals surface area contributed by atoms with Gasteiger partial charge in [-0.2, -0.15) is 8.75 Å². The van der Waals surface area contributed by atoms with E-state index >= 15 is 0 Å². The summed E-state index contributed by atoms with van der Waals surface area (Å²) in [4.78, 5) is 0.0900. The van der Waals surface area contributed by atoms with Gasteiger partial charge in [0.15, 0.2) is 0 Å². The zero-order chi connectivity index (χ0) is 11.6. The maximum absolute atomic E-state index is 11.8. The van der Waals surface area contributed by atoms with Crippen LogP contribution in [-0.4, -0.2) is 35.4 Å². The molecule has 2 aromatic rings. The minimum Gasteiger partial charge on any atom is -0.395 e. The zero-order valence-corrected chi connectivity index (χ0v) is 9.75. The molecule has 0 aliphatic carbocycles. The third-order valence-corrected chi connectivity index (χ3v) is 3.98. The molecule has 0 spiro atoms. The third kappa shape index (κ3) is 2.05. The van der Waals surface area contributed by atoms with E-state index in [1.165, 1.54) is 6.07 Å². The minimum absolute atomic E-state index is 0.0176. The standard InChI is InChI=1S/C8H9N3O3S2/c12-5-4-9-16(13,14)7-3-1-2-6-8(7)11-15-10-6/h1-3,9,12H,4-5H2. The predicted octanol–water partition coefficient (Wildman–Crippen LogP) is -0.0381. The lowest BCUT2D eigenvalue weighted by molar-refractivity contribution is 0.301. The molecule has 0 fully saturated rings. The Bertz CT molecular complexity index is 593. The van der Waals surface area contributed by atoms with Crippen molar-refractivity contribution in [1.82, 2.24) is 13.5 Å².